The summed E-state index contributed by atoms with van der Waals surface area (Å²) in [6.45, 7) is 8.00. The molecule has 1 amide bonds. The van der Waals surface area contributed by atoms with E-state index in [-0.39, 0.29) is 24.4 Å². The number of amides is 1. The van der Waals surface area contributed by atoms with Crippen LogP contribution in [0.5, 0.6) is 0 Å². The molecule has 90 valence electrons. The van der Waals surface area contributed by atoms with Crippen molar-refractivity contribution in [3.05, 3.63) is 0 Å². The Labute approximate surface area is 98.8 Å². The van der Waals surface area contributed by atoms with Gasteiger partial charge in [0.15, 0.2) is 0 Å². The third-order valence-corrected chi connectivity index (χ3v) is 2.93. The minimum Gasteiger partial charge on any atom is -0.341 e. The molecule has 0 spiro atoms. The standard InChI is InChI=1S/C11H22N2O.ClH/c1-8-4-5-13(7-9(2)6-8)11(14)10(3)12;/h8-10H,4-7,12H2,1-3H3;1H. The number of likely N-dealkylation sites (tertiary alicyclic amines) is 1. The van der Waals surface area contributed by atoms with Crippen LogP contribution in [0.4, 0.5) is 0 Å². The van der Waals surface area contributed by atoms with Crippen molar-refractivity contribution in [1.29, 1.82) is 0 Å². The predicted molar refractivity (Wildman–Crippen MR) is 65.0 cm³/mol. The second-order valence-electron chi connectivity index (χ2n) is 4.81. The second-order valence-corrected chi connectivity index (χ2v) is 4.81. The quantitative estimate of drug-likeness (QED) is 0.750. The molecular formula is C11H23ClN2O. The summed E-state index contributed by atoms with van der Waals surface area (Å²) < 4.78 is 0. The van der Waals surface area contributed by atoms with Gasteiger partial charge in [-0.1, -0.05) is 13.8 Å². The van der Waals surface area contributed by atoms with Gasteiger partial charge in [-0.3, -0.25) is 4.79 Å². The number of nitrogens with two attached hydrogens (primary N) is 1. The van der Waals surface area contributed by atoms with Crippen molar-refractivity contribution < 1.29 is 4.79 Å². The van der Waals surface area contributed by atoms with E-state index in [0.29, 0.717) is 5.92 Å². The Kier molecular flexibility index (Phi) is 6.22. The lowest BCUT2D eigenvalue weighted by Gasteiger charge is -2.24. The zero-order valence-electron chi connectivity index (χ0n) is 9.90. The van der Waals surface area contributed by atoms with Crippen molar-refractivity contribution in [2.75, 3.05) is 13.1 Å². The van der Waals surface area contributed by atoms with Gasteiger partial charge in [-0.25, -0.2) is 0 Å². The van der Waals surface area contributed by atoms with Gasteiger partial charge in [-0.15, -0.1) is 12.4 Å². The maximum Gasteiger partial charge on any atom is 0.239 e. The van der Waals surface area contributed by atoms with Crippen molar-refractivity contribution in [3.8, 4) is 0 Å². The van der Waals surface area contributed by atoms with Crippen LogP contribution in [0.1, 0.15) is 33.6 Å². The molecule has 0 aromatic heterocycles. The van der Waals surface area contributed by atoms with Gasteiger partial charge in [0, 0.05) is 13.1 Å². The highest BCUT2D eigenvalue weighted by atomic mass is 35.5. The fourth-order valence-corrected chi connectivity index (χ4v) is 2.21. The van der Waals surface area contributed by atoms with E-state index in [4.69, 9.17) is 5.73 Å². The van der Waals surface area contributed by atoms with E-state index in [0.717, 1.165) is 25.4 Å². The summed E-state index contributed by atoms with van der Waals surface area (Å²) in [5.74, 6) is 1.44. The molecule has 1 heterocycles. The maximum atomic E-state index is 11.7. The van der Waals surface area contributed by atoms with E-state index in [2.05, 4.69) is 13.8 Å². The van der Waals surface area contributed by atoms with Gasteiger partial charge >= 0.3 is 0 Å². The third kappa shape index (κ3) is 4.39. The van der Waals surface area contributed by atoms with Crippen molar-refractivity contribution in [3.63, 3.8) is 0 Å². The largest absolute Gasteiger partial charge is 0.341 e. The average molecular weight is 235 g/mol. The zero-order chi connectivity index (χ0) is 10.7. The Bertz CT molecular complexity index is 209. The first-order valence-corrected chi connectivity index (χ1v) is 5.55. The van der Waals surface area contributed by atoms with Gasteiger partial charge in [-0.2, -0.15) is 0 Å². The van der Waals surface area contributed by atoms with Crippen molar-refractivity contribution in [2.24, 2.45) is 17.6 Å². The minimum atomic E-state index is -0.351. The summed E-state index contributed by atoms with van der Waals surface area (Å²) in [4.78, 5) is 13.6. The number of nitrogens with zero attached hydrogens (tertiary/aromatic N) is 1. The summed E-state index contributed by atoms with van der Waals surface area (Å²) >= 11 is 0. The van der Waals surface area contributed by atoms with Crippen molar-refractivity contribution in [2.45, 2.75) is 39.7 Å². The molecule has 0 aromatic rings. The molecule has 15 heavy (non-hydrogen) atoms. The van der Waals surface area contributed by atoms with Gasteiger partial charge in [0.05, 0.1) is 6.04 Å². The highest BCUT2D eigenvalue weighted by Crippen LogP contribution is 2.21. The summed E-state index contributed by atoms with van der Waals surface area (Å²) in [6, 6.07) is -0.351. The predicted octanol–water partition coefficient (Wildman–Crippen LogP) is 1.65. The van der Waals surface area contributed by atoms with Gasteiger partial charge in [0.25, 0.3) is 0 Å². The van der Waals surface area contributed by atoms with Crippen molar-refractivity contribution in [1.82, 2.24) is 4.90 Å². The van der Waals surface area contributed by atoms with E-state index in [1.54, 1.807) is 6.92 Å². The van der Waals surface area contributed by atoms with Crippen LogP contribution < -0.4 is 5.73 Å². The molecule has 0 aromatic carbocycles. The number of carbonyl (C=O) groups is 1. The van der Waals surface area contributed by atoms with Crippen LogP contribution in [0, 0.1) is 11.8 Å². The molecule has 0 bridgehead atoms. The minimum absolute atomic E-state index is 0. The Morgan fingerprint density at radius 1 is 1.40 bits per heavy atom. The third-order valence-electron chi connectivity index (χ3n) is 2.93. The SMILES string of the molecule is CC1CCN(C(=O)C(C)N)CC(C)C1.Cl. The summed E-state index contributed by atoms with van der Waals surface area (Å²) in [5.41, 5.74) is 5.61. The molecule has 1 aliphatic heterocycles. The number of hydrogen-bond donors (Lipinski definition) is 1. The lowest BCUT2D eigenvalue weighted by Crippen LogP contribution is -2.43. The zero-order valence-corrected chi connectivity index (χ0v) is 10.7. The first-order valence-electron chi connectivity index (χ1n) is 5.55. The lowest BCUT2D eigenvalue weighted by molar-refractivity contribution is -0.132. The normalized spacial score (nSPS) is 28.9. The van der Waals surface area contributed by atoms with Gasteiger partial charge in [0.2, 0.25) is 5.91 Å². The molecule has 1 aliphatic rings. The number of rotatable bonds is 1. The highest BCUT2D eigenvalue weighted by Gasteiger charge is 2.24. The maximum absolute atomic E-state index is 11.7. The molecule has 0 aliphatic carbocycles. The topological polar surface area (TPSA) is 46.3 Å². The summed E-state index contributed by atoms with van der Waals surface area (Å²) in [5, 5.41) is 0. The molecule has 4 heteroatoms. The van der Waals surface area contributed by atoms with Gasteiger partial charge < -0.3 is 10.6 Å². The Morgan fingerprint density at radius 3 is 2.53 bits per heavy atom. The van der Waals surface area contributed by atoms with E-state index in [1.165, 1.54) is 6.42 Å². The summed E-state index contributed by atoms with van der Waals surface area (Å²) in [6.07, 6.45) is 2.34. The van der Waals surface area contributed by atoms with Crippen LogP contribution in [0.25, 0.3) is 0 Å². The molecule has 1 saturated heterocycles. The van der Waals surface area contributed by atoms with Crippen LogP contribution >= 0.6 is 12.4 Å². The number of halogens is 1. The number of carbonyl (C=O) groups excluding carboxylic acids is 1. The molecular weight excluding hydrogens is 212 g/mol. The molecule has 1 fully saturated rings. The van der Waals surface area contributed by atoms with Crippen molar-refractivity contribution >= 4 is 18.3 Å². The fourth-order valence-electron chi connectivity index (χ4n) is 2.21. The van der Waals surface area contributed by atoms with Crippen LogP contribution in [-0.4, -0.2) is 29.9 Å². The van der Waals surface area contributed by atoms with Crippen LogP contribution in [0.3, 0.4) is 0 Å². The summed E-state index contributed by atoms with van der Waals surface area (Å²) in [7, 11) is 0. The fraction of sp³-hybridized carbons (Fsp3) is 0.909. The molecule has 3 unspecified atom stereocenters. The van der Waals surface area contributed by atoms with E-state index in [1.807, 2.05) is 4.90 Å². The molecule has 0 saturated carbocycles. The monoisotopic (exact) mass is 234 g/mol. The smallest absolute Gasteiger partial charge is 0.239 e. The van der Waals surface area contributed by atoms with Gasteiger partial charge in [-0.05, 0) is 31.6 Å². The first-order chi connectivity index (χ1) is 6.50. The van der Waals surface area contributed by atoms with Gasteiger partial charge in [0.1, 0.15) is 0 Å². The highest BCUT2D eigenvalue weighted by molar-refractivity contribution is 5.85. The Hall–Kier alpha value is -0.280. The molecule has 3 atom stereocenters. The lowest BCUT2D eigenvalue weighted by atomic mass is 9.97. The molecule has 2 N–H and O–H groups in total. The molecule has 1 rings (SSSR count). The average Bonchev–Trinajstić information content (AvgIpc) is 2.25. The van der Waals surface area contributed by atoms with Crippen LogP contribution in [-0.2, 0) is 4.79 Å². The van der Waals surface area contributed by atoms with Crippen LogP contribution in [0.2, 0.25) is 0 Å². The van der Waals surface area contributed by atoms with E-state index < -0.39 is 0 Å². The van der Waals surface area contributed by atoms with E-state index in [9.17, 15) is 4.79 Å². The Morgan fingerprint density at radius 2 is 2.00 bits per heavy atom. The molecule has 3 nitrogen and oxygen atoms in total. The Balaban J connectivity index is 0.00000196. The first kappa shape index (κ1) is 14.7. The van der Waals surface area contributed by atoms with E-state index >= 15 is 0 Å². The molecule has 0 radical (unpaired) electrons. The second kappa shape index (κ2) is 6.33. The van der Waals surface area contributed by atoms with Crippen LogP contribution in [0.15, 0.2) is 0 Å². The number of hydrogen-bond acceptors (Lipinski definition) is 2.